The van der Waals surface area contributed by atoms with Crippen LogP contribution in [0.2, 0.25) is 0 Å². The third-order valence-electron chi connectivity index (χ3n) is 4.21. The number of hydrogen-bond acceptors (Lipinski definition) is 7. The third kappa shape index (κ3) is 3.67. The lowest BCUT2D eigenvalue weighted by molar-refractivity contribution is -0.117. The van der Waals surface area contributed by atoms with Crippen LogP contribution in [-0.2, 0) is 22.5 Å². The quantitative estimate of drug-likeness (QED) is 0.843. The lowest BCUT2D eigenvalue weighted by atomic mass is 10.0. The van der Waals surface area contributed by atoms with Crippen LogP contribution in [0.5, 0.6) is 0 Å². The van der Waals surface area contributed by atoms with Crippen LogP contribution in [0.1, 0.15) is 29.3 Å². The number of carbonyl (C=O) groups excluding carboxylic acids is 2. The Morgan fingerprint density at radius 3 is 2.96 bits per heavy atom. The maximum atomic E-state index is 12.5. The molecule has 0 unspecified atom stereocenters. The molecule has 1 aliphatic heterocycles. The van der Waals surface area contributed by atoms with Gasteiger partial charge in [-0.1, -0.05) is 6.92 Å². The predicted octanol–water partition coefficient (Wildman–Crippen LogP) is 2.77. The highest BCUT2D eigenvalue weighted by atomic mass is 32.1. The van der Waals surface area contributed by atoms with Crippen LogP contribution in [0.4, 0.5) is 15.7 Å². The number of carbonyl (C=O) groups is 2. The Balaban J connectivity index is 1.95. The molecule has 8 nitrogen and oxygen atoms in total. The number of hydrogen-bond donors (Lipinski definition) is 1. The van der Waals surface area contributed by atoms with E-state index in [1.165, 1.54) is 27.4 Å². The van der Waals surface area contributed by atoms with Crippen molar-refractivity contribution >= 4 is 34.2 Å². The van der Waals surface area contributed by atoms with Crippen LogP contribution < -0.4 is 4.90 Å². The van der Waals surface area contributed by atoms with Crippen molar-refractivity contribution in [2.24, 2.45) is 0 Å². The molecule has 0 saturated carbocycles. The van der Waals surface area contributed by atoms with Crippen LogP contribution in [0.3, 0.4) is 0 Å². The van der Waals surface area contributed by atoms with Crippen LogP contribution in [0.25, 0.3) is 0 Å². The third-order valence-corrected chi connectivity index (χ3v) is 5.41. The minimum Gasteiger partial charge on any atom is -0.448 e. The second-order valence-electron chi connectivity index (χ2n) is 5.84. The lowest BCUT2D eigenvalue weighted by Gasteiger charge is -2.26. The van der Waals surface area contributed by atoms with Crippen molar-refractivity contribution in [2.45, 2.75) is 26.3 Å². The first kappa shape index (κ1) is 18.9. The zero-order chi connectivity index (χ0) is 19.4. The summed E-state index contributed by atoms with van der Waals surface area (Å²) in [6.07, 6.45) is 1.72. The average Bonchev–Trinajstić information content (AvgIpc) is 3.33. The van der Waals surface area contributed by atoms with Gasteiger partial charge in [0.15, 0.2) is 0 Å². The molecule has 1 aliphatic rings. The zero-order valence-electron chi connectivity index (χ0n) is 14.8. The molecular formula is C18H19N3O5S. The Morgan fingerprint density at radius 2 is 2.33 bits per heavy atom. The summed E-state index contributed by atoms with van der Waals surface area (Å²) in [5, 5.41) is 19.0. The Hall–Kier alpha value is -2.83. The summed E-state index contributed by atoms with van der Waals surface area (Å²) >= 11 is 1.31. The molecule has 0 radical (unpaired) electrons. The molecule has 0 aliphatic carbocycles. The highest BCUT2D eigenvalue weighted by Gasteiger charge is 2.32. The molecule has 3 rings (SSSR count). The van der Waals surface area contributed by atoms with Gasteiger partial charge in [-0.05, 0) is 18.1 Å². The minimum absolute atomic E-state index is 0.0569. The molecule has 1 N–H and O–H groups in total. The number of thiophene rings is 1. The topological polar surface area (TPSA) is 107 Å². The highest BCUT2D eigenvalue weighted by Crippen LogP contribution is 2.42. The molecule has 0 bridgehead atoms. The number of furan rings is 1. The van der Waals surface area contributed by atoms with Gasteiger partial charge in [0, 0.05) is 23.9 Å². The van der Waals surface area contributed by atoms with Gasteiger partial charge in [-0.25, -0.2) is 9.69 Å². The molecule has 0 fully saturated rings. The minimum atomic E-state index is -0.504. The van der Waals surface area contributed by atoms with Gasteiger partial charge in [0.2, 0.25) is 11.8 Å². The van der Waals surface area contributed by atoms with Crippen molar-refractivity contribution in [3.8, 4) is 6.07 Å². The first-order valence-corrected chi connectivity index (χ1v) is 9.36. The number of rotatable bonds is 5. The number of nitriles is 1. The van der Waals surface area contributed by atoms with Crippen molar-refractivity contribution in [3.63, 3.8) is 0 Å². The van der Waals surface area contributed by atoms with Crippen molar-refractivity contribution in [1.82, 2.24) is 4.90 Å². The number of aliphatic hydroxyl groups is 1. The molecule has 0 saturated heterocycles. The first-order valence-electron chi connectivity index (χ1n) is 8.54. The number of ether oxygens (including phenoxy) is 1. The van der Waals surface area contributed by atoms with Crippen LogP contribution >= 0.6 is 11.3 Å². The van der Waals surface area contributed by atoms with E-state index in [4.69, 9.17) is 14.3 Å². The van der Waals surface area contributed by atoms with Gasteiger partial charge < -0.3 is 19.2 Å². The predicted molar refractivity (Wildman–Crippen MR) is 97.7 cm³/mol. The highest BCUT2D eigenvalue weighted by molar-refractivity contribution is 7.16. The first-order chi connectivity index (χ1) is 13.1. The van der Waals surface area contributed by atoms with E-state index in [0.29, 0.717) is 36.0 Å². The van der Waals surface area contributed by atoms with Crippen molar-refractivity contribution in [1.29, 1.82) is 5.26 Å². The number of fused-ring (bicyclic) bond motifs is 1. The Bertz CT molecular complexity index is 868. The Morgan fingerprint density at radius 1 is 1.52 bits per heavy atom. The van der Waals surface area contributed by atoms with E-state index in [0.717, 1.165) is 10.4 Å². The van der Waals surface area contributed by atoms with E-state index in [-0.39, 0.29) is 25.5 Å². The summed E-state index contributed by atoms with van der Waals surface area (Å²) in [6, 6.07) is 5.57. The number of aliphatic hydroxyl groups excluding tert-OH is 1. The molecule has 2 aromatic rings. The van der Waals surface area contributed by atoms with Crippen LogP contribution in [0, 0.1) is 11.3 Å². The average molecular weight is 389 g/mol. The van der Waals surface area contributed by atoms with Crippen molar-refractivity contribution in [3.05, 3.63) is 34.4 Å². The fraction of sp³-hybridized carbons (Fsp3) is 0.389. The molecule has 9 heteroatoms. The molecule has 0 atom stereocenters. The summed E-state index contributed by atoms with van der Waals surface area (Å²) in [5.74, 6) is 0.176. The maximum absolute atomic E-state index is 12.5. The van der Waals surface area contributed by atoms with Gasteiger partial charge in [0.05, 0.1) is 25.0 Å². The Labute approximate surface area is 160 Å². The normalized spacial score (nSPS) is 13.0. The molecule has 2 aromatic heterocycles. The standard InChI is InChI=1S/C18H19N3O5S/c1-2-15(23)21(16-4-3-8-25-16)17-13(10-19)12-5-6-20(11-14(12)27-17)18(24)26-9-7-22/h3-4,8,22H,2,5-7,9,11H2,1H3. The van der Waals surface area contributed by atoms with E-state index in [9.17, 15) is 14.9 Å². The van der Waals surface area contributed by atoms with Crippen LogP contribution in [0.15, 0.2) is 22.8 Å². The molecular weight excluding hydrogens is 370 g/mol. The summed E-state index contributed by atoms with van der Waals surface area (Å²) in [5.41, 5.74) is 1.29. The molecule has 2 amide bonds. The summed E-state index contributed by atoms with van der Waals surface area (Å²) in [6.45, 7) is 2.16. The molecule has 0 spiro atoms. The second kappa shape index (κ2) is 8.24. The summed E-state index contributed by atoms with van der Waals surface area (Å²) < 4.78 is 10.4. The largest absolute Gasteiger partial charge is 0.448 e. The fourth-order valence-electron chi connectivity index (χ4n) is 2.93. The molecule has 3 heterocycles. The van der Waals surface area contributed by atoms with Crippen LogP contribution in [-0.4, -0.2) is 41.8 Å². The summed E-state index contributed by atoms with van der Waals surface area (Å²) in [7, 11) is 0. The smallest absolute Gasteiger partial charge is 0.410 e. The summed E-state index contributed by atoms with van der Waals surface area (Å²) in [4.78, 5) is 28.4. The Kier molecular flexibility index (Phi) is 5.78. The molecule has 142 valence electrons. The van der Waals surface area contributed by atoms with Gasteiger partial charge in [-0.2, -0.15) is 5.26 Å². The molecule has 27 heavy (non-hydrogen) atoms. The van der Waals surface area contributed by atoms with Gasteiger partial charge >= 0.3 is 6.09 Å². The van der Waals surface area contributed by atoms with Gasteiger partial charge in [0.1, 0.15) is 17.7 Å². The monoisotopic (exact) mass is 389 g/mol. The van der Waals surface area contributed by atoms with Crippen molar-refractivity contribution in [2.75, 3.05) is 24.7 Å². The number of nitrogens with zero attached hydrogens (tertiary/aromatic N) is 3. The maximum Gasteiger partial charge on any atom is 0.410 e. The molecule has 0 aromatic carbocycles. The van der Waals surface area contributed by atoms with Gasteiger partial charge in [0.25, 0.3) is 0 Å². The van der Waals surface area contributed by atoms with E-state index in [1.807, 2.05) is 0 Å². The van der Waals surface area contributed by atoms with Gasteiger partial charge in [-0.3, -0.25) is 4.79 Å². The van der Waals surface area contributed by atoms with Crippen molar-refractivity contribution < 1.29 is 23.8 Å². The van der Waals surface area contributed by atoms with E-state index in [2.05, 4.69) is 6.07 Å². The zero-order valence-corrected chi connectivity index (χ0v) is 15.6. The van der Waals surface area contributed by atoms with Gasteiger partial charge in [-0.15, -0.1) is 11.3 Å². The van der Waals surface area contributed by atoms with E-state index < -0.39 is 6.09 Å². The SMILES string of the molecule is CCC(=O)N(c1ccco1)c1sc2c(c1C#N)CCN(C(=O)OCCO)C2. The van der Waals surface area contributed by atoms with E-state index in [1.54, 1.807) is 19.1 Å². The number of amides is 2. The fourth-order valence-corrected chi connectivity index (χ4v) is 4.27. The second-order valence-corrected chi connectivity index (χ2v) is 6.92. The van der Waals surface area contributed by atoms with E-state index >= 15 is 0 Å². The number of anilines is 2. The lowest BCUT2D eigenvalue weighted by Crippen LogP contribution is -2.36.